The van der Waals surface area contributed by atoms with Gasteiger partial charge in [0.1, 0.15) is 16.7 Å². The predicted molar refractivity (Wildman–Crippen MR) is 110 cm³/mol. The Kier molecular flexibility index (Phi) is 5.93. The van der Waals surface area contributed by atoms with E-state index in [9.17, 15) is 4.79 Å². The van der Waals surface area contributed by atoms with Crippen LogP contribution < -0.4 is 4.74 Å². The van der Waals surface area contributed by atoms with Crippen molar-refractivity contribution in [3.63, 3.8) is 0 Å². The second-order valence-electron chi connectivity index (χ2n) is 5.38. The predicted octanol–water partition coefficient (Wildman–Crippen LogP) is 5.25. The molecule has 0 N–H and O–H groups in total. The molecule has 3 nitrogen and oxygen atoms in total. The second kappa shape index (κ2) is 8.17. The number of likely N-dealkylation sites (N-methyl/N-ethyl adjacent to an activating group) is 1. The highest BCUT2D eigenvalue weighted by molar-refractivity contribution is 9.10. The van der Waals surface area contributed by atoms with E-state index in [2.05, 4.69) is 15.9 Å². The van der Waals surface area contributed by atoms with Crippen LogP contribution in [0.1, 0.15) is 18.1 Å². The summed E-state index contributed by atoms with van der Waals surface area (Å²) in [6.07, 6.45) is 1.85. The van der Waals surface area contributed by atoms with Crippen LogP contribution in [-0.2, 0) is 11.4 Å². The largest absolute Gasteiger partial charge is 0.488 e. The lowest BCUT2D eigenvalue weighted by Crippen LogP contribution is -2.27. The van der Waals surface area contributed by atoms with Crippen LogP contribution in [0.5, 0.6) is 5.75 Å². The zero-order valence-electron chi connectivity index (χ0n) is 13.6. The average molecular weight is 434 g/mol. The Balaban J connectivity index is 1.79. The maximum Gasteiger partial charge on any atom is 0.266 e. The van der Waals surface area contributed by atoms with Crippen molar-refractivity contribution < 1.29 is 9.53 Å². The Morgan fingerprint density at radius 3 is 2.60 bits per heavy atom. The van der Waals surface area contributed by atoms with Gasteiger partial charge in [-0.05, 0) is 36.8 Å². The summed E-state index contributed by atoms with van der Waals surface area (Å²) in [6, 6.07) is 15.7. The molecule has 6 heteroatoms. The fraction of sp³-hybridized carbons (Fsp3) is 0.158. The minimum Gasteiger partial charge on any atom is -0.488 e. The molecule has 0 unspecified atom stereocenters. The lowest BCUT2D eigenvalue weighted by atomic mass is 10.1. The Bertz CT molecular complexity index is 834. The smallest absolute Gasteiger partial charge is 0.266 e. The Morgan fingerprint density at radius 2 is 1.92 bits per heavy atom. The van der Waals surface area contributed by atoms with E-state index in [0.29, 0.717) is 22.4 Å². The number of rotatable bonds is 5. The van der Waals surface area contributed by atoms with E-state index in [1.54, 1.807) is 4.90 Å². The van der Waals surface area contributed by atoms with E-state index < -0.39 is 0 Å². The van der Waals surface area contributed by atoms with Gasteiger partial charge in [-0.3, -0.25) is 9.69 Å². The molecule has 0 aliphatic carbocycles. The first-order chi connectivity index (χ1) is 12.1. The lowest BCUT2D eigenvalue weighted by molar-refractivity contribution is -0.121. The number of amides is 1. The molecule has 25 heavy (non-hydrogen) atoms. The van der Waals surface area contributed by atoms with Gasteiger partial charge < -0.3 is 4.74 Å². The standard InChI is InChI=1S/C19H16BrNO2S2/c1-2-21-18(22)17(25-19(21)24)11-14-5-3-4-6-16(14)23-12-13-7-9-15(20)10-8-13/h3-11H,2,12H2,1H3. The van der Waals surface area contributed by atoms with Gasteiger partial charge in [0, 0.05) is 16.6 Å². The number of carbonyl (C=O) groups excluding carboxylic acids is 1. The molecule has 0 bridgehead atoms. The fourth-order valence-corrected chi connectivity index (χ4v) is 4.03. The Hall–Kier alpha value is -1.63. The van der Waals surface area contributed by atoms with E-state index in [-0.39, 0.29) is 5.91 Å². The summed E-state index contributed by atoms with van der Waals surface area (Å²) in [6.45, 7) is 2.97. The first-order valence-corrected chi connectivity index (χ1v) is 9.82. The van der Waals surface area contributed by atoms with Crippen molar-refractivity contribution >= 4 is 56.2 Å². The van der Waals surface area contributed by atoms with Gasteiger partial charge in [0.15, 0.2) is 0 Å². The molecule has 3 rings (SSSR count). The molecular weight excluding hydrogens is 418 g/mol. The zero-order valence-corrected chi connectivity index (χ0v) is 16.8. The molecule has 128 valence electrons. The third kappa shape index (κ3) is 4.32. The number of halogens is 1. The fourth-order valence-electron chi connectivity index (χ4n) is 2.39. The van der Waals surface area contributed by atoms with Crippen molar-refractivity contribution in [1.29, 1.82) is 0 Å². The summed E-state index contributed by atoms with van der Waals surface area (Å²) < 4.78 is 7.60. The van der Waals surface area contributed by atoms with Crippen LogP contribution in [0.2, 0.25) is 0 Å². The highest BCUT2D eigenvalue weighted by atomic mass is 79.9. The van der Waals surface area contributed by atoms with Crippen LogP contribution in [0.25, 0.3) is 6.08 Å². The van der Waals surface area contributed by atoms with Crippen LogP contribution >= 0.6 is 39.9 Å². The Morgan fingerprint density at radius 1 is 1.20 bits per heavy atom. The first kappa shape index (κ1) is 18.2. The molecule has 0 spiro atoms. The minimum atomic E-state index is -0.0415. The number of carbonyl (C=O) groups is 1. The monoisotopic (exact) mass is 433 g/mol. The molecule has 1 heterocycles. The zero-order chi connectivity index (χ0) is 17.8. The van der Waals surface area contributed by atoms with Gasteiger partial charge in [-0.2, -0.15) is 0 Å². The molecule has 1 aliphatic rings. The molecule has 1 amide bonds. The van der Waals surface area contributed by atoms with Gasteiger partial charge in [0.05, 0.1) is 4.91 Å². The number of nitrogens with zero attached hydrogens (tertiary/aromatic N) is 1. The number of para-hydroxylation sites is 1. The van der Waals surface area contributed by atoms with E-state index in [1.807, 2.05) is 61.5 Å². The number of ether oxygens (including phenoxy) is 1. The molecule has 2 aromatic carbocycles. The number of hydrogen-bond donors (Lipinski definition) is 0. The highest BCUT2D eigenvalue weighted by Crippen LogP contribution is 2.34. The molecule has 1 fully saturated rings. The van der Waals surface area contributed by atoms with E-state index in [4.69, 9.17) is 17.0 Å². The van der Waals surface area contributed by atoms with Gasteiger partial charge in [-0.25, -0.2) is 0 Å². The molecule has 0 radical (unpaired) electrons. The maximum atomic E-state index is 12.4. The van der Waals surface area contributed by atoms with Gasteiger partial charge in [0.2, 0.25) is 0 Å². The van der Waals surface area contributed by atoms with Crippen molar-refractivity contribution in [2.24, 2.45) is 0 Å². The summed E-state index contributed by atoms with van der Waals surface area (Å²) in [7, 11) is 0. The van der Waals surface area contributed by atoms with E-state index >= 15 is 0 Å². The SMILES string of the molecule is CCN1C(=O)C(=Cc2ccccc2OCc2ccc(Br)cc2)SC1=S. The first-order valence-electron chi connectivity index (χ1n) is 7.80. The molecule has 1 saturated heterocycles. The van der Waals surface area contributed by atoms with Crippen molar-refractivity contribution in [2.75, 3.05) is 6.54 Å². The summed E-state index contributed by atoms with van der Waals surface area (Å²) in [4.78, 5) is 14.6. The average Bonchev–Trinajstić information content (AvgIpc) is 2.88. The van der Waals surface area contributed by atoms with Crippen LogP contribution in [0.4, 0.5) is 0 Å². The third-order valence-electron chi connectivity index (χ3n) is 3.70. The molecule has 1 aliphatic heterocycles. The Labute approximate surface area is 165 Å². The van der Waals surface area contributed by atoms with Crippen LogP contribution in [-0.4, -0.2) is 21.7 Å². The maximum absolute atomic E-state index is 12.4. The second-order valence-corrected chi connectivity index (χ2v) is 7.97. The van der Waals surface area contributed by atoms with Gasteiger partial charge in [-0.1, -0.05) is 70.2 Å². The quantitative estimate of drug-likeness (QED) is 0.475. The summed E-state index contributed by atoms with van der Waals surface area (Å²) in [5.74, 6) is 0.701. The van der Waals surface area contributed by atoms with Crippen LogP contribution in [0.15, 0.2) is 57.9 Å². The molecule has 0 atom stereocenters. The van der Waals surface area contributed by atoms with Gasteiger partial charge in [-0.15, -0.1) is 0 Å². The normalized spacial score (nSPS) is 15.9. The van der Waals surface area contributed by atoms with E-state index in [0.717, 1.165) is 21.3 Å². The summed E-state index contributed by atoms with van der Waals surface area (Å²) in [5.41, 5.74) is 1.95. The van der Waals surface area contributed by atoms with E-state index in [1.165, 1.54) is 11.8 Å². The van der Waals surface area contributed by atoms with Crippen molar-refractivity contribution in [1.82, 2.24) is 4.90 Å². The molecule has 0 saturated carbocycles. The number of benzene rings is 2. The minimum absolute atomic E-state index is 0.0415. The van der Waals surface area contributed by atoms with Crippen LogP contribution in [0.3, 0.4) is 0 Å². The number of thioether (sulfide) groups is 1. The topological polar surface area (TPSA) is 29.5 Å². The molecule has 0 aromatic heterocycles. The van der Waals surface area contributed by atoms with Gasteiger partial charge in [0.25, 0.3) is 5.91 Å². The molecular formula is C19H16BrNO2S2. The lowest BCUT2D eigenvalue weighted by Gasteiger charge is -2.10. The summed E-state index contributed by atoms with van der Waals surface area (Å²) >= 11 is 10.0. The van der Waals surface area contributed by atoms with Crippen molar-refractivity contribution in [2.45, 2.75) is 13.5 Å². The third-order valence-corrected chi connectivity index (χ3v) is 5.61. The van der Waals surface area contributed by atoms with Crippen molar-refractivity contribution in [3.8, 4) is 5.75 Å². The number of thiocarbonyl (C=S) groups is 1. The summed E-state index contributed by atoms with van der Waals surface area (Å²) in [5, 5.41) is 0. The molecule has 2 aromatic rings. The highest BCUT2D eigenvalue weighted by Gasteiger charge is 2.30. The van der Waals surface area contributed by atoms with Gasteiger partial charge >= 0.3 is 0 Å². The van der Waals surface area contributed by atoms with Crippen LogP contribution in [0, 0.1) is 0 Å². The number of hydrogen-bond acceptors (Lipinski definition) is 4. The van der Waals surface area contributed by atoms with Crippen molar-refractivity contribution in [3.05, 3.63) is 69.0 Å².